The lowest BCUT2D eigenvalue weighted by molar-refractivity contribution is -0.137. The van der Waals surface area contributed by atoms with Gasteiger partial charge in [0.25, 0.3) is 0 Å². The maximum atomic E-state index is 13.3. The minimum absolute atomic E-state index is 0.0180. The number of aliphatic hydroxyl groups is 1. The molecule has 1 N–H and O–H groups in total. The van der Waals surface area contributed by atoms with E-state index in [4.69, 9.17) is 5.26 Å². The van der Waals surface area contributed by atoms with Crippen molar-refractivity contribution >= 4 is 5.69 Å². The number of aliphatic hydroxyl groups excluding tert-OH is 1. The van der Waals surface area contributed by atoms with Crippen molar-refractivity contribution in [2.45, 2.75) is 25.6 Å². The largest absolute Gasteiger partial charge is 0.417 e. The lowest BCUT2D eigenvalue weighted by atomic mass is 9.71. The number of benzene rings is 1. The molecule has 31 heavy (non-hydrogen) atoms. The number of hydrogen-bond acceptors (Lipinski definition) is 4. The van der Waals surface area contributed by atoms with E-state index in [9.17, 15) is 18.3 Å². The summed E-state index contributed by atoms with van der Waals surface area (Å²) in [7, 11) is 2.02. The molecule has 1 unspecified atom stereocenters. The number of alkyl halides is 3. The molecule has 1 spiro atoms. The Morgan fingerprint density at radius 1 is 1.23 bits per heavy atom. The summed E-state index contributed by atoms with van der Waals surface area (Å²) in [6.45, 7) is 3.94. The van der Waals surface area contributed by atoms with Crippen LogP contribution in [0.4, 0.5) is 18.9 Å². The van der Waals surface area contributed by atoms with Crippen molar-refractivity contribution in [1.82, 2.24) is 9.47 Å². The zero-order valence-electron chi connectivity index (χ0n) is 17.6. The second-order valence-electron chi connectivity index (χ2n) is 8.85. The molecule has 4 rings (SSSR count). The fourth-order valence-electron chi connectivity index (χ4n) is 5.24. The van der Waals surface area contributed by atoms with Crippen molar-refractivity contribution in [3.63, 3.8) is 0 Å². The van der Waals surface area contributed by atoms with Crippen molar-refractivity contribution in [3.8, 4) is 6.07 Å². The molecule has 5 nitrogen and oxygen atoms in total. The van der Waals surface area contributed by atoms with Crippen LogP contribution in [0.25, 0.3) is 0 Å². The Hall–Kier alpha value is -2.50. The van der Waals surface area contributed by atoms with Crippen LogP contribution in [0.1, 0.15) is 29.7 Å². The van der Waals surface area contributed by atoms with Gasteiger partial charge in [0, 0.05) is 69.9 Å². The first kappa shape index (κ1) is 21.7. The molecule has 2 aliphatic rings. The van der Waals surface area contributed by atoms with Gasteiger partial charge in [-0.1, -0.05) is 0 Å². The molecule has 1 aromatic carbocycles. The molecule has 2 saturated heterocycles. The number of nitrogens with zero attached hydrogens (tertiary/aromatic N) is 4. The van der Waals surface area contributed by atoms with Gasteiger partial charge in [-0.15, -0.1) is 0 Å². The van der Waals surface area contributed by atoms with E-state index < -0.39 is 11.7 Å². The molecule has 2 fully saturated rings. The first-order valence-corrected chi connectivity index (χ1v) is 10.6. The van der Waals surface area contributed by atoms with Crippen LogP contribution in [0, 0.1) is 22.7 Å². The lowest BCUT2D eigenvalue weighted by Gasteiger charge is -2.43. The first-order chi connectivity index (χ1) is 14.8. The Balaban J connectivity index is 1.47. The van der Waals surface area contributed by atoms with E-state index in [1.807, 2.05) is 24.2 Å². The number of aryl methyl sites for hydroxylation is 1. The summed E-state index contributed by atoms with van der Waals surface area (Å²) >= 11 is 0. The molecule has 1 aromatic heterocycles. The van der Waals surface area contributed by atoms with Crippen LogP contribution in [0.2, 0.25) is 0 Å². The molecule has 0 saturated carbocycles. The van der Waals surface area contributed by atoms with E-state index in [0.29, 0.717) is 18.8 Å². The molecule has 2 aliphatic heterocycles. The van der Waals surface area contributed by atoms with Crippen molar-refractivity contribution in [2.24, 2.45) is 18.4 Å². The predicted molar refractivity (Wildman–Crippen MR) is 111 cm³/mol. The summed E-state index contributed by atoms with van der Waals surface area (Å²) in [4.78, 5) is 4.35. The standard InChI is InChI=1S/C23H27F3N4O/c1-28-8-2-3-20(28)14-29-13-18(15-31)22(16-29)6-9-30(10-7-22)19-5-4-17(12-27)21(11-19)23(24,25)26/h2-5,8,11,18,31H,6-7,9-10,13-16H2,1H3. The third-order valence-corrected chi connectivity index (χ3v) is 7.09. The van der Waals surface area contributed by atoms with Crippen LogP contribution in [0.3, 0.4) is 0 Å². The first-order valence-electron chi connectivity index (χ1n) is 10.6. The number of anilines is 1. The highest BCUT2D eigenvalue weighted by Gasteiger charge is 2.47. The van der Waals surface area contributed by atoms with E-state index in [0.717, 1.165) is 38.5 Å². The number of aromatic nitrogens is 1. The maximum absolute atomic E-state index is 13.3. The second kappa shape index (κ2) is 8.21. The summed E-state index contributed by atoms with van der Waals surface area (Å²) in [6.07, 6.45) is -0.884. The fourth-order valence-corrected chi connectivity index (χ4v) is 5.24. The Bertz CT molecular complexity index is 970. The van der Waals surface area contributed by atoms with Crippen molar-refractivity contribution < 1.29 is 18.3 Å². The van der Waals surface area contributed by atoms with Crippen LogP contribution in [-0.4, -0.2) is 47.4 Å². The number of likely N-dealkylation sites (tertiary alicyclic amines) is 1. The van der Waals surface area contributed by atoms with Gasteiger partial charge in [0.2, 0.25) is 0 Å². The molecular formula is C23H27F3N4O. The average molecular weight is 432 g/mol. The Labute approximate surface area is 180 Å². The van der Waals surface area contributed by atoms with E-state index in [1.165, 1.54) is 11.8 Å². The summed E-state index contributed by atoms with van der Waals surface area (Å²) in [6, 6.07) is 9.72. The topological polar surface area (TPSA) is 55.4 Å². The van der Waals surface area contributed by atoms with Gasteiger partial charge in [0.05, 0.1) is 17.2 Å². The van der Waals surface area contributed by atoms with Crippen molar-refractivity contribution in [3.05, 3.63) is 53.3 Å². The summed E-state index contributed by atoms with van der Waals surface area (Å²) in [5.41, 5.74) is 0.479. The van der Waals surface area contributed by atoms with Gasteiger partial charge in [-0.2, -0.15) is 18.4 Å². The molecule has 8 heteroatoms. The number of hydrogen-bond donors (Lipinski definition) is 1. The SMILES string of the molecule is Cn1cccc1CN1CC(CO)C2(CCN(c3ccc(C#N)c(C(F)(F)F)c3)CC2)C1. The van der Waals surface area contributed by atoms with Crippen LogP contribution in [-0.2, 0) is 19.8 Å². The van der Waals surface area contributed by atoms with Gasteiger partial charge in [0.15, 0.2) is 0 Å². The molecule has 2 aromatic rings. The predicted octanol–water partition coefficient (Wildman–Crippen LogP) is 3.63. The number of rotatable bonds is 4. The van der Waals surface area contributed by atoms with E-state index in [1.54, 1.807) is 12.1 Å². The van der Waals surface area contributed by atoms with Gasteiger partial charge >= 0.3 is 6.18 Å². The number of halogens is 3. The fraction of sp³-hybridized carbons (Fsp3) is 0.522. The van der Waals surface area contributed by atoms with Crippen LogP contribution in [0.15, 0.2) is 36.5 Å². The third kappa shape index (κ3) is 4.17. The quantitative estimate of drug-likeness (QED) is 0.802. The van der Waals surface area contributed by atoms with Gasteiger partial charge in [-0.05, 0) is 48.6 Å². The summed E-state index contributed by atoms with van der Waals surface area (Å²) < 4.78 is 42.1. The Kier molecular flexibility index (Phi) is 5.75. The third-order valence-electron chi connectivity index (χ3n) is 7.09. The smallest absolute Gasteiger partial charge is 0.396 e. The number of nitriles is 1. The van der Waals surface area contributed by atoms with Crippen LogP contribution >= 0.6 is 0 Å². The summed E-state index contributed by atoms with van der Waals surface area (Å²) in [5, 5.41) is 19.1. The van der Waals surface area contributed by atoms with Crippen molar-refractivity contribution in [1.29, 1.82) is 5.26 Å². The molecule has 0 radical (unpaired) electrons. The molecule has 0 amide bonds. The highest BCUT2D eigenvalue weighted by Crippen LogP contribution is 2.46. The van der Waals surface area contributed by atoms with E-state index in [2.05, 4.69) is 15.5 Å². The zero-order valence-corrected chi connectivity index (χ0v) is 17.6. The van der Waals surface area contributed by atoms with Crippen molar-refractivity contribution in [2.75, 3.05) is 37.7 Å². The minimum atomic E-state index is -4.55. The van der Waals surface area contributed by atoms with Gasteiger partial charge in [0.1, 0.15) is 0 Å². The normalized spacial score (nSPS) is 21.5. The maximum Gasteiger partial charge on any atom is 0.417 e. The van der Waals surface area contributed by atoms with Gasteiger partial charge in [-0.3, -0.25) is 4.90 Å². The van der Waals surface area contributed by atoms with Gasteiger partial charge in [-0.25, -0.2) is 0 Å². The second-order valence-corrected chi connectivity index (χ2v) is 8.85. The van der Waals surface area contributed by atoms with Crippen LogP contribution in [0.5, 0.6) is 0 Å². The molecule has 0 aliphatic carbocycles. The van der Waals surface area contributed by atoms with E-state index >= 15 is 0 Å². The molecule has 166 valence electrons. The average Bonchev–Trinajstić information content (AvgIpc) is 3.30. The highest BCUT2D eigenvalue weighted by atomic mass is 19.4. The Morgan fingerprint density at radius 3 is 2.55 bits per heavy atom. The minimum Gasteiger partial charge on any atom is -0.396 e. The van der Waals surface area contributed by atoms with E-state index in [-0.39, 0.29) is 23.5 Å². The highest BCUT2D eigenvalue weighted by molar-refractivity contribution is 5.55. The zero-order chi connectivity index (χ0) is 22.2. The monoisotopic (exact) mass is 432 g/mol. The lowest BCUT2D eigenvalue weighted by Crippen LogP contribution is -2.45. The number of piperidine rings is 1. The molecule has 0 bridgehead atoms. The molecular weight excluding hydrogens is 405 g/mol. The molecule has 3 heterocycles. The molecule has 1 atom stereocenters. The van der Waals surface area contributed by atoms with Gasteiger partial charge < -0.3 is 14.6 Å². The Morgan fingerprint density at radius 2 is 1.97 bits per heavy atom. The summed E-state index contributed by atoms with van der Waals surface area (Å²) in [5.74, 6) is 0.168. The van der Waals surface area contributed by atoms with Crippen LogP contribution < -0.4 is 4.90 Å².